The first-order valence-electron chi connectivity index (χ1n) is 4.41. The van der Waals surface area contributed by atoms with E-state index in [1.165, 1.54) is 5.57 Å². The van der Waals surface area contributed by atoms with Gasteiger partial charge in [-0.15, -0.1) is 11.8 Å². The van der Waals surface area contributed by atoms with Gasteiger partial charge in [0.05, 0.1) is 10.7 Å². The summed E-state index contributed by atoms with van der Waals surface area (Å²) in [6, 6.07) is 5.73. The van der Waals surface area contributed by atoms with Crippen LogP contribution < -0.4 is 5.73 Å². The quantitative estimate of drug-likeness (QED) is 0.480. The molecule has 0 aliphatic heterocycles. The SMILES string of the molecule is CC(C)=CCSc1ccc(N)c(Cl)c1. The van der Waals surface area contributed by atoms with Gasteiger partial charge in [-0.1, -0.05) is 23.3 Å². The van der Waals surface area contributed by atoms with Crippen molar-refractivity contribution in [2.75, 3.05) is 11.5 Å². The molecule has 14 heavy (non-hydrogen) atoms. The monoisotopic (exact) mass is 227 g/mol. The molecular weight excluding hydrogens is 214 g/mol. The molecular formula is C11H14ClNS. The molecule has 1 aromatic rings. The van der Waals surface area contributed by atoms with Crippen molar-refractivity contribution in [1.29, 1.82) is 0 Å². The van der Waals surface area contributed by atoms with Crippen molar-refractivity contribution in [3.8, 4) is 0 Å². The Morgan fingerprint density at radius 1 is 1.50 bits per heavy atom. The molecule has 0 aliphatic carbocycles. The lowest BCUT2D eigenvalue weighted by Crippen LogP contribution is -1.85. The Morgan fingerprint density at radius 2 is 2.21 bits per heavy atom. The molecule has 0 amide bonds. The van der Waals surface area contributed by atoms with E-state index in [1.807, 2.05) is 18.2 Å². The molecule has 0 saturated carbocycles. The number of nitrogens with two attached hydrogens (primary N) is 1. The fourth-order valence-corrected chi connectivity index (χ4v) is 2.12. The van der Waals surface area contributed by atoms with E-state index < -0.39 is 0 Å². The summed E-state index contributed by atoms with van der Waals surface area (Å²) in [6.07, 6.45) is 2.19. The van der Waals surface area contributed by atoms with Crippen LogP contribution in [0.5, 0.6) is 0 Å². The normalized spacial score (nSPS) is 9.93. The van der Waals surface area contributed by atoms with Crippen molar-refractivity contribution < 1.29 is 0 Å². The van der Waals surface area contributed by atoms with Crippen LogP contribution in [0.15, 0.2) is 34.7 Å². The maximum atomic E-state index is 5.90. The standard InChI is InChI=1S/C11H14ClNS/c1-8(2)5-6-14-9-3-4-11(13)10(12)7-9/h3-5,7H,6,13H2,1-2H3. The molecule has 0 spiro atoms. The predicted molar refractivity (Wildman–Crippen MR) is 66.0 cm³/mol. The molecule has 0 atom stereocenters. The summed E-state index contributed by atoms with van der Waals surface area (Å²) in [5.74, 6) is 0.975. The van der Waals surface area contributed by atoms with E-state index in [4.69, 9.17) is 17.3 Å². The van der Waals surface area contributed by atoms with Gasteiger partial charge in [0.2, 0.25) is 0 Å². The van der Waals surface area contributed by atoms with Gasteiger partial charge in [0, 0.05) is 10.6 Å². The van der Waals surface area contributed by atoms with Gasteiger partial charge in [-0.2, -0.15) is 0 Å². The Morgan fingerprint density at radius 3 is 2.79 bits per heavy atom. The van der Waals surface area contributed by atoms with Crippen LogP contribution in [0.2, 0.25) is 5.02 Å². The lowest BCUT2D eigenvalue weighted by atomic mass is 10.3. The van der Waals surface area contributed by atoms with Crippen molar-refractivity contribution in [3.05, 3.63) is 34.9 Å². The van der Waals surface area contributed by atoms with Crippen molar-refractivity contribution in [3.63, 3.8) is 0 Å². The van der Waals surface area contributed by atoms with E-state index in [9.17, 15) is 0 Å². The lowest BCUT2D eigenvalue weighted by Gasteiger charge is -2.01. The second kappa shape index (κ2) is 5.32. The third kappa shape index (κ3) is 3.64. The molecule has 0 aliphatic rings. The zero-order chi connectivity index (χ0) is 10.6. The van der Waals surface area contributed by atoms with Gasteiger partial charge in [0.15, 0.2) is 0 Å². The number of halogens is 1. The Hall–Kier alpha value is -0.600. The summed E-state index contributed by atoms with van der Waals surface area (Å²) >= 11 is 7.66. The van der Waals surface area contributed by atoms with E-state index in [0.29, 0.717) is 10.7 Å². The second-order valence-electron chi connectivity index (χ2n) is 3.28. The fourth-order valence-electron chi connectivity index (χ4n) is 0.902. The molecule has 1 rings (SSSR count). The molecule has 0 bridgehead atoms. The minimum absolute atomic E-state index is 0.632. The second-order valence-corrected chi connectivity index (χ2v) is 4.78. The van der Waals surface area contributed by atoms with Crippen molar-refractivity contribution in [2.45, 2.75) is 18.7 Å². The van der Waals surface area contributed by atoms with Crippen LogP contribution in [0, 0.1) is 0 Å². The number of thioether (sulfide) groups is 1. The fraction of sp³-hybridized carbons (Fsp3) is 0.273. The molecule has 3 heteroatoms. The maximum Gasteiger partial charge on any atom is 0.0646 e. The number of rotatable bonds is 3. The van der Waals surface area contributed by atoms with Gasteiger partial charge in [0.25, 0.3) is 0 Å². The van der Waals surface area contributed by atoms with Crippen LogP contribution in [0.3, 0.4) is 0 Å². The molecule has 0 radical (unpaired) electrons. The molecule has 1 nitrogen and oxygen atoms in total. The number of allylic oxidation sites excluding steroid dienone is 1. The minimum atomic E-state index is 0.632. The first kappa shape index (κ1) is 11.5. The van der Waals surface area contributed by atoms with Gasteiger partial charge < -0.3 is 5.73 Å². The molecule has 1 aromatic carbocycles. The van der Waals surface area contributed by atoms with Crippen molar-refractivity contribution in [2.24, 2.45) is 0 Å². The van der Waals surface area contributed by atoms with Crippen molar-refractivity contribution in [1.82, 2.24) is 0 Å². The number of anilines is 1. The van der Waals surface area contributed by atoms with E-state index >= 15 is 0 Å². The summed E-state index contributed by atoms with van der Waals surface area (Å²) in [7, 11) is 0. The Labute approximate surface area is 94.3 Å². The zero-order valence-corrected chi connectivity index (χ0v) is 9.95. The van der Waals surface area contributed by atoms with Crippen LogP contribution >= 0.6 is 23.4 Å². The third-order valence-corrected chi connectivity index (χ3v) is 2.96. The highest BCUT2D eigenvalue weighted by atomic mass is 35.5. The van der Waals surface area contributed by atoms with Crippen LogP contribution in [-0.4, -0.2) is 5.75 Å². The summed E-state index contributed by atoms with van der Waals surface area (Å²) < 4.78 is 0. The number of benzene rings is 1. The summed E-state index contributed by atoms with van der Waals surface area (Å²) in [5.41, 5.74) is 7.58. The van der Waals surface area contributed by atoms with Crippen LogP contribution in [0.1, 0.15) is 13.8 Å². The predicted octanol–water partition coefficient (Wildman–Crippen LogP) is 3.98. The molecule has 0 saturated heterocycles. The van der Waals surface area contributed by atoms with Gasteiger partial charge in [-0.3, -0.25) is 0 Å². The summed E-state index contributed by atoms with van der Waals surface area (Å²) in [5, 5.41) is 0.632. The topological polar surface area (TPSA) is 26.0 Å². The molecule has 2 N–H and O–H groups in total. The van der Waals surface area contributed by atoms with Crippen molar-refractivity contribution >= 4 is 29.1 Å². The van der Waals surface area contributed by atoms with Gasteiger partial charge in [0.1, 0.15) is 0 Å². The minimum Gasteiger partial charge on any atom is -0.398 e. The average Bonchev–Trinajstić information content (AvgIpc) is 2.10. The third-order valence-electron chi connectivity index (χ3n) is 1.71. The number of hydrogen-bond donors (Lipinski definition) is 1. The number of nitrogen functional groups attached to an aromatic ring is 1. The van der Waals surface area contributed by atoms with Gasteiger partial charge in [-0.05, 0) is 32.0 Å². The van der Waals surface area contributed by atoms with Gasteiger partial charge >= 0.3 is 0 Å². The number of hydrogen-bond acceptors (Lipinski definition) is 2. The largest absolute Gasteiger partial charge is 0.398 e. The lowest BCUT2D eigenvalue weighted by molar-refractivity contribution is 1.36. The van der Waals surface area contributed by atoms with E-state index in [0.717, 1.165) is 10.6 Å². The molecule has 0 fully saturated rings. The highest BCUT2D eigenvalue weighted by molar-refractivity contribution is 7.99. The summed E-state index contributed by atoms with van der Waals surface area (Å²) in [4.78, 5) is 1.15. The smallest absolute Gasteiger partial charge is 0.0646 e. The van der Waals surface area contributed by atoms with E-state index in [1.54, 1.807) is 11.8 Å². The molecule has 0 heterocycles. The Balaban J connectivity index is 2.60. The van der Waals surface area contributed by atoms with Crippen LogP contribution in [0.4, 0.5) is 5.69 Å². The Kier molecular flexibility index (Phi) is 4.36. The van der Waals surface area contributed by atoms with Gasteiger partial charge in [-0.25, -0.2) is 0 Å². The first-order valence-corrected chi connectivity index (χ1v) is 5.77. The zero-order valence-electron chi connectivity index (χ0n) is 8.38. The summed E-state index contributed by atoms with van der Waals surface area (Å²) in [6.45, 7) is 4.19. The maximum absolute atomic E-state index is 5.90. The molecule has 0 unspecified atom stereocenters. The average molecular weight is 228 g/mol. The van der Waals surface area contributed by atoms with E-state index in [2.05, 4.69) is 19.9 Å². The highest BCUT2D eigenvalue weighted by Gasteiger charge is 1.97. The Bertz CT molecular complexity index is 343. The van der Waals surface area contributed by atoms with E-state index in [-0.39, 0.29) is 0 Å². The van der Waals surface area contributed by atoms with Crippen LogP contribution in [-0.2, 0) is 0 Å². The first-order chi connectivity index (χ1) is 6.59. The highest BCUT2D eigenvalue weighted by Crippen LogP contribution is 2.26. The molecule has 76 valence electrons. The van der Waals surface area contributed by atoms with Crippen LogP contribution in [0.25, 0.3) is 0 Å². The molecule has 0 aromatic heterocycles.